The van der Waals surface area contributed by atoms with Crippen LogP contribution in [0.4, 0.5) is 0 Å². The highest BCUT2D eigenvalue weighted by atomic mass is 15.0. The van der Waals surface area contributed by atoms with E-state index in [0.717, 1.165) is 45.9 Å². The summed E-state index contributed by atoms with van der Waals surface area (Å²) < 4.78 is 2.36. The standard InChI is InChI=1S/C41H36N2/c1-5-31(6-2)36-21-24-40(42-28-36)35-20-23-39(32(7-3)27-35)41-29(4)25-38(43(41)37-15-9-8-10-16-37)22-18-30-17-19-33-13-11-12-14-34(33)26-30/h5-27,42H,1,3,28H2,2,4H3/b22-18+,31-6+. The zero-order valence-corrected chi connectivity index (χ0v) is 24.8. The second-order valence-corrected chi connectivity index (χ2v) is 10.8. The SMILES string of the molecule is C=C/C(=C\C)C1=CC=C(c2ccc(-c3c(C)cc(/C=C/c4ccc5ccccc5c4)n3-c3ccccc3)c(C=C)c2)NC1. The molecule has 1 aromatic heterocycles. The van der Waals surface area contributed by atoms with Gasteiger partial charge in [0, 0.05) is 29.2 Å². The number of fused-ring (bicyclic) bond motifs is 1. The molecule has 210 valence electrons. The van der Waals surface area contributed by atoms with E-state index in [0.29, 0.717) is 0 Å². The first-order valence-corrected chi connectivity index (χ1v) is 14.8. The van der Waals surface area contributed by atoms with Crippen LogP contribution >= 0.6 is 0 Å². The minimum absolute atomic E-state index is 0.769. The summed E-state index contributed by atoms with van der Waals surface area (Å²) in [5.74, 6) is 0. The van der Waals surface area contributed by atoms with E-state index < -0.39 is 0 Å². The van der Waals surface area contributed by atoms with E-state index in [9.17, 15) is 0 Å². The van der Waals surface area contributed by atoms with E-state index >= 15 is 0 Å². The smallest absolute Gasteiger partial charge is 0.0569 e. The van der Waals surface area contributed by atoms with Crippen LogP contribution in [0.25, 0.3) is 51.6 Å². The Hall–Kier alpha value is -5.34. The Bertz CT molecular complexity index is 1960. The number of hydrogen-bond acceptors (Lipinski definition) is 1. The van der Waals surface area contributed by atoms with Crippen LogP contribution in [0.1, 0.15) is 34.9 Å². The number of aromatic nitrogens is 1. The Morgan fingerprint density at radius 2 is 1.60 bits per heavy atom. The summed E-state index contributed by atoms with van der Waals surface area (Å²) in [6, 6.07) is 34.6. The van der Waals surface area contributed by atoms with Crippen molar-refractivity contribution in [2.75, 3.05) is 6.54 Å². The van der Waals surface area contributed by atoms with Crippen molar-refractivity contribution in [2.45, 2.75) is 13.8 Å². The molecule has 5 aromatic rings. The summed E-state index contributed by atoms with van der Waals surface area (Å²) >= 11 is 0. The Kier molecular flexibility index (Phi) is 7.93. The molecule has 6 rings (SSSR count). The highest BCUT2D eigenvalue weighted by molar-refractivity contribution is 5.87. The van der Waals surface area contributed by atoms with E-state index in [1.54, 1.807) is 0 Å². The fourth-order valence-electron chi connectivity index (χ4n) is 5.90. The zero-order valence-electron chi connectivity index (χ0n) is 24.8. The third kappa shape index (κ3) is 5.60. The highest BCUT2D eigenvalue weighted by Gasteiger charge is 2.18. The molecule has 43 heavy (non-hydrogen) atoms. The second kappa shape index (κ2) is 12.3. The van der Waals surface area contributed by atoms with E-state index in [2.05, 4.69) is 157 Å². The monoisotopic (exact) mass is 556 g/mol. The van der Waals surface area contributed by atoms with Crippen LogP contribution < -0.4 is 5.32 Å². The van der Waals surface area contributed by atoms with Gasteiger partial charge in [-0.2, -0.15) is 0 Å². The summed E-state index contributed by atoms with van der Waals surface area (Å²) in [7, 11) is 0. The van der Waals surface area contributed by atoms with Gasteiger partial charge < -0.3 is 9.88 Å². The Labute approximate surface area is 255 Å². The second-order valence-electron chi connectivity index (χ2n) is 10.8. The predicted molar refractivity (Wildman–Crippen MR) is 187 cm³/mol. The predicted octanol–water partition coefficient (Wildman–Crippen LogP) is 10.4. The van der Waals surface area contributed by atoms with Crippen LogP contribution in [0.3, 0.4) is 0 Å². The number of para-hydroxylation sites is 1. The van der Waals surface area contributed by atoms with Gasteiger partial charge in [0.05, 0.1) is 5.69 Å². The third-order valence-corrected chi connectivity index (χ3v) is 8.11. The van der Waals surface area contributed by atoms with Gasteiger partial charge in [0.2, 0.25) is 0 Å². The first-order chi connectivity index (χ1) is 21.1. The van der Waals surface area contributed by atoms with E-state index in [1.807, 2.05) is 19.1 Å². The van der Waals surface area contributed by atoms with Crippen molar-refractivity contribution in [3.05, 3.63) is 174 Å². The molecule has 1 aliphatic rings. The highest BCUT2D eigenvalue weighted by Crippen LogP contribution is 2.36. The number of benzene rings is 4. The molecule has 2 heterocycles. The number of dihydropyridines is 1. The maximum atomic E-state index is 4.21. The molecule has 0 spiro atoms. The van der Waals surface area contributed by atoms with Crippen LogP contribution in [0.5, 0.6) is 0 Å². The van der Waals surface area contributed by atoms with Crippen molar-refractivity contribution in [2.24, 2.45) is 0 Å². The molecule has 0 atom stereocenters. The minimum Gasteiger partial charge on any atom is -0.380 e. The van der Waals surface area contributed by atoms with Gasteiger partial charge in [0.15, 0.2) is 0 Å². The molecule has 2 heteroatoms. The Balaban J connectivity index is 1.42. The van der Waals surface area contributed by atoms with Gasteiger partial charge >= 0.3 is 0 Å². The lowest BCUT2D eigenvalue weighted by Crippen LogP contribution is -2.19. The molecular weight excluding hydrogens is 520 g/mol. The van der Waals surface area contributed by atoms with E-state index in [1.165, 1.54) is 33.2 Å². The van der Waals surface area contributed by atoms with Gasteiger partial charge in [0.25, 0.3) is 0 Å². The maximum Gasteiger partial charge on any atom is 0.0569 e. The normalized spacial score (nSPS) is 13.5. The van der Waals surface area contributed by atoms with Crippen molar-refractivity contribution >= 4 is 34.7 Å². The van der Waals surface area contributed by atoms with Gasteiger partial charge in [0.1, 0.15) is 0 Å². The van der Waals surface area contributed by atoms with Crippen LogP contribution in [0, 0.1) is 6.92 Å². The molecule has 4 aromatic carbocycles. The number of hydrogen-bond donors (Lipinski definition) is 1. The first-order valence-electron chi connectivity index (χ1n) is 14.8. The topological polar surface area (TPSA) is 17.0 Å². The molecule has 1 N–H and O–H groups in total. The molecule has 0 saturated carbocycles. The molecule has 0 radical (unpaired) electrons. The van der Waals surface area contributed by atoms with E-state index in [4.69, 9.17) is 0 Å². The Morgan fingerprint density at radius 1 is 0.814 bits per heavy atom. The molecule has 0 fully saturated rings. The number of aryl methyl sites for hydroxylation is 1. The molecule has 0 aliphatic carbocycles. The van der Waals surface area contributed by atoms with Gasteiger partial charge in [-0.3, -0.25) is 0 Å². The summed E-state index contributed by atoms with van der Waals surface area (Å²) in [6.07, 6.45) is 14.7. The molecule has 1 aliphatic heterocycles. The zero-order chi connectivity index (χ0) is 29.8. The van der Waals surface area contributed by atoms with Crippen LogP contribution in [-0.2, 0) is 0 Å². The van der Waals surface area contributed by atoms with Gasteiger partial charge in [-0.05, 0) is 101 Å². The summed E-state index contributed by atoms with van der Waals surface area (Å²) in [5, 5.41) is 6.09. The average Bonchev–Trinajstić information content (AvgIpc) is 3.40. The fraction of sp³-hybridized carbons (Fsp3) is 0.0732. The molecular formula is C41H36N2. The summed E-state index contributed by atoms with van der Waals surface area (Å²) in [6.45, 7) is 13.2. The van der Waals surface area contributed by atoms with Crippen molar-refractivity contribution in [3.8, 4) is 16.9 Å². The molecule has 2 nitrogen and oxygen atoms in total. The minimum atomic E-state index is 0.769. The fourth-order valence-corrected chi connectivity index (χ4v) is 5.90. The van der Waals surface area contributed by atoms with Crippen molar-refractivity contribution in [1.82, 2.24) is 9.88 Å². The van der Waals surface area contributed by atoms with Crippen LogP contribution in [0.15, 0.2) is 146 Å². The van der Waals surface area contributed by atoms with Gasteiger partial charge in [-0.1, -0.05) is 110 Å². The number of nitrogens with one attached hydrogen (secondary N) is 1. The lowest BCUT2D eigenvalue weighted by atomic mass is 9.96. The number of allylic oxidation sites excluding steroid dienone is 4. The molecule has 0 saturated heterocycles. The van der Waals surface area contributed by atoms with Crippen molar-refractivity contribution in [3.63, 3.8) is 0 Å². The van der Waals surface area contributed by atoms with Crippen molar-refractivity contribution in [1.29, 1.82) is 0 Å². The first kappa shape index (κ1) is 27.8. The quantitative estimate of drug-likeness (QED) is 0.188. The largest absolute Gasteiger partial charge is 0.380 e. The molecule has 0 bridgehead atoms. The number of rotatable bonds is 8. The van der Waals surface area contributed by atoms with E-state index in [-0.39, 0.29) is 0 Å². The molecule has 0 amide bonds. The van der Waals surface area contributed by atoms with Crippen LogP contribution in [0.2, 0.25) is 0 Å². The van der Waals surface area contributed by atoms with Gasteiger partial charge in [-0.25, -0.2) is 0 Å². The molecule has 0 unspecified atom stereocenters. The van der Waals surface area contributed by atoms with Crippen molar-refractivity contribution < 1.29 is 0 Å². The third-order valence-electron chi connectivity index (χ3n) is 8.11. The number of nitrogens with zero attached hydrogens (tertiary/aromatic N) is 1. The summed E-state index contributed by atoms with van der Waals surface area (Å²) in [5.41, 5.74) is 12.7. The lowest BCUT2D eigenvalue weighted by molar-refractivity contribution is 0.953. The summed E-state index contributed by atoms with van der Waals surface area (Å²) in [4.78, 5) is 0. The Morgan fingerprint density at radius 3 is 2.33 bits per heavy atom. The van der Waals surface area contributed by atoms with Crippen LogP contribution in [-0.4, -0.2) is 11.1 Å². The van der Waals surface area contributed by atoms with Gasteiger partial charge in [-0.15, -0.1) is 0 Å². The average molecular weight is 557 g/mol. The maximum absolute atomic E-state index is 4.21. The lowest BCUT2D eigenvalue weighted by Gasteiger charge is -2.20.